The Morgan fingerprint density at radius 1 is 1.29 bits per heavy atom. The Bertz CT molecular complexity index is 1100. The first-order valence-electron chi connectivity index (χ1n) is 10.4. The van der Waals surface area contributed by atoms with E-state index in [0.29, 0.717) is 6.42 Å². The molecule has 2 aliphatic rings. The van der Waals surface area contributed by atoms with Gasteiger partial charge in [0.05, 0.1) is 10.4 Å². The van der Waals surface area contributed by atoms with Gasteiger partial charge in [-0.05, 0) is 70.0 Å². The molecule has 0 unspecified atom stereocenters. The molecule has 2 heterocycles. The van der Waals surface area contributed by atoms with Crippen LogP contribution in [0.3, 0.4) is 0 Å². The number of Topliss-reactive ketones (excluding diaryl/α,β-unsaturated/α-hetero) is 2. The molecule has 1 saturated carbocycles. The maximum atomic E-state index is 12.2. The van der Waals surface area contributed by atoms with E-state index in [1.807, 2.05) is 12.1 Å². The van der Waals surface area contributed by atoms with Gasteiger partial charge in [0.1, 0.15) is 4.83 Å². The second kappa shape index (κ2) is 6.82. The van der Waals surface area contributed by atoms with Gasteiger partial charge in [-0.2, -0.15) is 0 Å². The zero-order chi connectivity index (χ0) is 19.4. The maximum absolute atomic E-state index is 12.2. The molecule has 0 spiro atoms. The van der Waals surface area contributed by atoms with Gasteiger partial charge in [-0.1, -0.05) is 6.42 Å². The number of carbonyl (C=O) groups excluding carboxylic acids is 2. The predicted octanol–water partition coefficient (Wildman–Crippen LogP) is 5.06. The summed E-state index contributed by atoms with van der Waals surface area (Å²) < 4.78 is 2.39. The van der Waals surface area contributed by atoms with Crippen LogP contribution in [0.2, 0.25) is 0 Å². The molecular weight excluding hydrogens is 368 g/mol. The molecule has 5 heteroatoms. The highest BCUT2D eigenvalue weighted by Gasteiger charge is 2.26. The molecule has 2 aromatic heterocycles. The number of aromatic nitrogens is 1. The minimum Gasteiger partial charge on any atom is -0.332 e. The Hall–Kier alpha value is -1.98. The van der Waals surface area contributed by atoms with E-state index in [0.717, 1.165) is 47.8 Å². The van der Waals surface area contributed by atoms with Gasteiger partial charge in [-0.3, -0.25) is 9.59 Å². The number of fused-ring (bicyclic) bond motifs is 5. The quantitative estimate of drug-likeness (QED) is 0.549. The Balaban J connectivity index is 1.56. The summed E-state index contributed by atoms with van der Waals surface area (Å²) in [5.41, 5.74) is 3.29. The topological polar surface area (TPSA) is 42.3 Å². The average Bonchev–Trinajstić information content (AvgIpc) is 3.27. The molecule has 0 aliphatic heterocycles. The molecule has 28 heavy (non-hydrogen) atoms. The van der Waals surface area contributed by atoms with Crippen molar-refractivity contribution < 1.29 is 9.59 Å². The molecule has 4 nitrogen and oxygen atoms in total. The third-order valence-electron chi connectivity index (χ3n) is 6.65. The van der Waals surface area contributed by atoms with Gasteiger partial charge < -0.3 is 9.47 Å². The third-order valence-corrected chi connectivity index (χ3v) is 7.91. The first-order valence-corrected chi connectivity index (χ1v) is 11.2. The van der Waals surface area contributed by atoms with Gasteiger partial charge in [0.25, 0.3) is 0 Å². The fourth-order valence-electron chi connectivity index (χ4n) is 4.81. The van der Waals surface area contributed by atoms with E-state index in [9.17, 15) is 9.59 Å². The number of hydrogen-bond donors (Lipinski definition) is 0. The largest absolute Gasteiger partial charge is 0.332 e. The second-order valence-electron chi connectivity index (χ2n) is 8.37. The normalized spacial score (nSPS) is 17.0. The molecular formula is C23H26N2O2S. The number of ketones is 2. The lowest BCUT2D eigenvalue weighted by molar-refractivity contribution is 0.0992. The Morgan fingerprint density at radius 2 is 2.11 bits per heavy atom. The Kier molecular flexibility index (Phi) is 4.40. The average molecular weight is 395 g/mol. The molecule has 0 saturated heterocycles. The number of nitrogens with zero attached hydrogens (tertiary/aromatic N) is 2. The van der Waals surface area contributed by atoms with E-state index in [1.54, 1.807) is 18.3 Å². The van der Waals surface area contributed by atoms with Crippen LogP contribution >= 0.6 is 11.3 Å². The van der Waals surface area contributed by atoms with Crippen molar-refractivity contribution in [3.05, 3.63) is 34.2 Å². The van der Waals surface area contributed by atoms with E-state index < -0.39 is 0 Å². The van der Waals surface area contributed by atoms with Crippen LogP contribution in [0.25, 0.3) is 21.1 Å². The zero-order valence-corrected chi connectivity index (χ0v) is 17.4. The number of thiophene rings is 1. The van der Waals surface area contributed by atoms with Gasteiger partial charge in [-0.25, -0.2) is 0 Å². The van der Waals surface area contributed by atoms with E-state index in [2.05, 4.69) is 22.6 Å². The van der Waals surface area contributed by atoms with Crippen molar-refractivity contribution in [1.29, 1.82) is 0 Å². The van der Waals surface area contributed by atoms with Crippen molar-refractivity contribution in [3.8, 4) is 0 Å². The SMILES string of the molecule is CC(=O)c1cc2c3c4c(ccc3n(CCCN(C)C3CCC3)c2s1)C(=O)CC4. The van der Waals surface area contributed by atoms with Crippen LogP contribution < -0.4 is 0 Å². The van der Waals surface area contributed by atoms with Crippen LogP contribution in [-0.4, -0.2) is 40.7 Å². The smallest absolute Gasteiger partial charge is 0.169 e. The minimum absolute atomic E-state index is 0.120. The zero-order valence-electron chi connectivity index (χ0n) is 16.6. The lowest BCUT2D eigenvalue weighted by Gasteiger charge is -2.34. The molecule has 0 N–H and O–H groups in total. The van der Waals surface area contributed by atoms with E-state index in [1.165, 1.54) is 40.6 Å². The molecule has 146 valence electrons. The molecule has 0 radical (unpaired) electrons. The van der Waals surface area contributed by atoms with Crippen molar-refractivity contribution in [3.63, 3.8) is 0 Å². The van der Waals surface area contributed by atoms with Crippen LogP contribution in [-0.2, 0) is 13.0 Å². The lowest BCUT2D eigenvalue weighted by atomic mass is 9.92. The standard InChI is InChI=1S/C23H26N2O2S/c1-14(26)21-13-18-22-17-8-10-20(27)16(17)7-9-19(22)25(23(18)28-21)12-4-11-24(2)15-5-3-6-15/h7,9,13,15H,3-6,8,10-12H2,1-2H3. The summed E-state index contributed by atoms with van der Waals surface area (Å²) in [4.78, 5) is 28.7. The van der Waals surface area contributed by atoms with Gasteiger partial charge in [0.2, 0.25) is 0 Å². The van der Waals surface area contributed by atoms with E-state index in [-0.39, 0.29) is 11.6 Å². The minimum atomic E-state index is 0.120. The molecule has 1 fully saturated rings. The van der Waals surface area contributed by atoms with Crippen LogP contribution in [0.5, 0.6) is 0 Å². The van der Waals surface area contributed by atoms with Crippen LogP contribution in [0.4, 0.5) is 0 Å². The van der Waals surface area contributed by atoms with Crippen molar-refractivity contribution in [2.24, 2.45) is 0 Å². The summed E-state index contributed by atoms with van der Waals surface area (Å²) in [5.74, 6) is 0.371. The fraction of sp³-hybridized carbons (Fsp3) is 0.478. The van der Waals surface area contributed by atoms with Gasteiger partial charge in [0.15, 0.2) is 11.6 Å². The van der Waals surface area contributed by atoms with Gasteiger partial charge in [0, 0.05) is 35.3 Å². The molecule has 3 aromatic rings. The van der Waals surface area contributed by atoms with Crippen molar-refractivity contribution in [1.82, 2.24) is 9.47 Å². The van der Waals surface area contributed by atoms with Crippen molar-refractivity contribution in [2.75, 3.05) is 13.6 Å². The van der Waals surface area contributed by atoms with Crippen LogP contribution in [0.1, 0.15) is 64.6 Å². The van der Waals surface area contributed by atoms with E-state index in [4.69, 9.17) is 0 Å². The molecule has 2 aliphatic carbocycles. The summed E-state index contributed by atoms with van der Waals surface area (Å²) in [6.45, 7) is 3.68. The molecule has 5 rings (SSSR count). The Labute approximate surface area is 169 Å². The maximum Gasteiger partial charge on any atom is 0.169 e. The number of aryl methyl sites for hydroxylation is 2. The fourth-order valence-corrected chi connectivity index (χ4v) is 5.91. The summed E-state index contributed by atoms with van der Waals surface area (Å²) in [5, 5.41) is 2.36. The van der Waals surface area contributed by atoms with E-state index >= 15 is 0 Å². The molecule has 0 bridgehead atoms. The first kappa shape index (κ1) is 18.1. The molecule has 0 atom stereocenters. The third kappa shape index (κ3) is 2.75. The molecule has 1 aromatic carbocycles. The molecule has 0 amide bonds. The summed E-state index contributed by atoms with van der Waals surface area (Å²) >= 11 is 1.60. The summed E-state index contributed by atoms with van der Waals surface area (Å²) in [6, 6.07) is 6.94. The summed E-state index contributed by atoms with van der Waals surface area (Å²) in [6.07, 6.45) is 6.55. The highest BCUT2D eigenvalue weighted by molar-refractivity contribution is 7.20. The number of carbonyl (C=O) groups is 2. The summed E-state index contributed by atoms with van der Waals surface area (Å²) in [7, 11) is 2.24. The number of rotatable bonds is 6. The monoisotopic (exact) mass is 394 g/mol. The van der Waals surface area contributed by atoms with Gasteiger partial charge in [-0.15, -0.1) is 11.3 Å². The number of benzene rings is 1. The Morgan fingerprint density at radius 3 is 2.82 bits per heavy atom. The highest BCUT2D eigenvalue weighted by Crippen LogP contribution is 2.40. The second-order valence-corrected chi connectivity index (χ2v) is 9.40. The first-order chi connectivity index (χ1) is 13.5. The van der Waals surface area contributed by atoms with Gasteiger partial charge >= 0.3 is 0 Å². The highest BCUT2D eigenvalue weighted by atomic mass is 32.1. The lowest BCUT2D eigenvalue weighted by Crippen LogP contribution is -2.37. The predicted molar refractivity (Wildman–Crippen MR) is 115 cm³/mol. The van der Waals surface area contributed by atoms with Crippen LogP contribution in [0.15, 0.2) is 18.2 Å². The number of hydrogen-bond acceptors (Lipinski definition) is 4. The van der Waals surface area contributed by atoms with Crippen molar-refractivity contribution in [2.45, 2.75) is 58.0 Å². The van der Waals surface area contributed by atoms with Crippen LogP contribution in [0, 0.1) is 0 Å². The van der Waals surface area contributed by atoms with Crippen molar-refractivity contribution >= 4 is 44.0 Å².